The van der Waals surface area contributed by atoms with Crippen LogP contribution < -0.4 is 13.9 Å². The molecule has 1 heterocycles. The fourth-order valence-corrected chi connectivity index (χ4v) is 3.45. The van der Waals surface area contributed by atoms with Crippen LogP contribution in [0.15, 0.2) is 42.5 Å². The van der Waals surface area contributed by atoms with Crippen LogP contribution in [0.1, 0.15) is 36.7 Å². The van der Waals surface area contributed by atoms with E-state index in [1.165, 1.54) is 18.2 Å². The molecule has 2 aromatic carbocycles. The van der Waals surface area contributed by atoms with Gasteiger partial charge in [0, 0.05) is 5.56 Å². The van der Waals surface area contributed by atoms with Gasteiger partial charge in [0.05, 0.1) is 5.56 Å². The molecule has 7 heteroatoms. The first-order chi connectivity index (χ1) is 12.4. The molecule has 0 N–H and O–H groups in total. The number of carbonyl (C=O) groups is 1. The summed E-state index contributed by atoms with van der Waals surface area (Å²) >= 11 is 0. The maximum absolute atomic E-state index is 13.2. The Morgan fingerprint density at radius 2 is 1.67 bits per heavy atom. The first kappa shape index (κ1) is 19.4. The van der Waals surface area contributed by atoms with Crippen LogP contribution in [-0.4, -0.2) is 20.4 Å². The molecule has 4 nitrogen and oxygen atoms in total. The van der Waals surface area contributed by atoms with Crippen LogP contribution >= 0.6 is 0 Å². The lowest BCUT2D eigenvalue weighted by atomic mass is 10.0. The van der Waals surface area contributed by atoms with E-state index >= 15 is 0 Å². The molecule has 144 valence electrons. The summed E-state index contributed by atoms with van der Waals surface area (Å²) in [7, 11) is -2.16. The lowest BCUT2D eigenvalue weighted by Gasteiger charge is -2.36. The molecule has 0 saturated carbocycles. The highest BCUT2D eigenvalue weighted by Gasteiger charge is 2.44. The van der Waals surface area contributed by atoms with Crippen LogP contribution in [-0.2, 0) is 0 Å². The number of benzene rings is 2. The number of halogens is 2. The number of carbonyl (C=O) groups excluding carboxylic acids is 1. The van der Waals surface area contributed by atoms with Gasteiger partial charge in [-0.15, -0.1) is 8.78 Å². The highest BCUT2D eigenvalue weighted by atomic mass is 28.4. The van der Waals surface area contributed by atoms with Gasteiger partial charge >= 0.3 is 6.29 Å². The lowest BCUT2D eigenvalue weighted by Crippen LogP contribution is -2.44. The van der Waals surface area contributed by atoms with Gasteiger partial charge in [-0.3, -0.25) is 4.79 Å². The Morgan fingerprint density at radius 3 is 2.33 bits per heavy atom. The molecule has 0 aliphatic carbocycles. The minimum Gasteiger partial charge on any atom is -0.543 e. The standard InChI is InChI=1S/C20H22F2O4Si/c1-19(2,3)27(4,5)26-15-9-7-6-8-14(15)18(23)13-10-11-16-17(12-13)25-20(21,22)24-16/h6-12H,1-5H3. The molecule has 0 bridgehead atoms. The third-order valence-corrected chi connectivity index (χ3v) is 9.31. The summed E-state index contributed by atoms with van der Waals surface area (Å²) in [4.78, 5) is 13.0. The van der Waals surface area contributed by atoms with Gasteiger partial charge in [0.2, 0.25) is 0 Å². The molecule has 1 aliphatic heterocycles. The average Bonchev–Trinajstić information content (AvgIpc) is 2.86. The minimum absolute atomic E-state index is 0.0342. The monoisotopic (exact) mass is 392 g/mol. The van der Waals surface area contributed by atoms with Crippen LogP contribution in [0.3, 0.4) is 0 Å². The maximum atomic E-state index is 13.2. The van der Waals surface area contributed by atoms with E-state index in [-0.39, 0.29) is 27.9 Å². The summed E-state index contributed by atoms with van der Waals surface area (Å²) in [5.74, 6) is -0.0842. The summed E-state index contributed by atoms with van der Waals surface area (Å²) in [6, 6.07) is 11.0. The number of hydrogen-bond acceptors (Lipinski definition) is 4. The van der Waals surface area contributed by atoms with E-state index in [0.717, 1.165) is 0 Å². The van der Waals surface area contributed by atoms with Gasteiger partial charge in [0.25, 0.3) is 8.32 Å². The molecule has 27 heavy (non-hydrogen) atoms. The highest BCUT2D eigenvalue weighted by Crippen LogP contribution is 2.42. The summed E-state index contributed by atoms with van der Waals surface area (Å²) < 4.78 is 41.5. The van der Waals surface area contributed by atoms with Crippen LogP contribution in [0.4, 0.5) is 8.78 Å². The Labute approximate surface area is 158 Å². The predicted octanol–water partition coefficient (Wildman–Crippen LogP) is 5.62. The van der Waals surface area contributed by atoms with Gasteiger partial charge in [0.15, 0.2) is 17.3 Å². The Bertz CT molecular complexity index is 888. The van der Waals surface area contributed by atoms with Crippen LogP contribution in [0.5, 0.6) is 17.2 Å². The molecular formula is C20H22F2O4Si. The van der Waals surface area contributed by atoms with Crippen molar-refractivity contribution in [2.45, 2.75) is 45.2 Å². The summed E-state index contributed by atoms with van der Waals surface area (Å²) in [5, 5.41) is -0.0342. The molecule has 0 radical (unpaired) electrons. The summed E-state index contributed by atoms with van der Waals surface area (Å²) in [6.45, 7) is 10.5. The molecule has 3 rings (SSSR count). The fraction of sp³-hybridized carbons (Fsp3) is 0.350. The van der Waals surface area contributed by atoms with E-state index in [1.807, 2.05) is 0 Å². The van der Waals surface area contributed by atoms with Gasteiger partial charge in [-0.05, 0) is 48.5 Å². The van der Waals surface area contributed by atoms with E-state index in [2.05, 4.69) is 43.3 Å². The molecule has 0 spiro atoms. The van der Waals surface area contributed by atoms with Crippen molar-refractivity contribution in [2.75, 3.05) is 0 Å². The second-order valence-corrected chi connectivity index (χ2v) is 12.7. The molecule has 0 fully saturated rings. The number of alkyl halides is 2. The SMILES string of the molecule is CC(C)(C)[Si](C)(C)Oc1ccccc1C(=O)c1ccc2c(c1)OC(F)(F)O2. The number of ketones is 1. The van der Waals surface area contributed by atoms with E-state index in [1.54, 1.807) is 24.3 Å². The first-order valence-electron chi connectivity index (χ1n) is 8.62. The third-order valence-electron chi connectivity index (χ3n) is 4.97. The van der Waals surface area contributed by atoms with Crippen molar-refractivity contribution in [1.29, 1.82) is 0 Å². The van der Waals surface area contributed by atoms with Crippen molar-refractivity contribution < 1.29 is 27.5 Å². The normalized spacial score (nSPS) is 15.5. The summed E-state index contributed by atoms with van der Waals surface area (Å²) in [5.41, 5.74) is 0.606. The van der Waals surface area contributed by atoms with E-state index in [0.29, 0.717) is 11.3 Å². The lowest BCUT2D eigenvalue weighted by molar-refractivity contribution is -0.286. The Hall–Kier alpha value is -2.41. The van der Waals surface area contributed by atoms with Crippen molar-refractivity contribution in [3.05, 3.63) is 53.6 Å². The molecule has 2 aromatic rings. The summed E-state index contributed by atoms with van der Waals surface area (Å²) in [6.07, 6.45) is -3.71. The zero-order valence-electron chi connectivity index (χ0n) is 15.9. The van der Waals surface area contributed by atoms with E-state index in [9.17, 15) is 13.6 Å². The third kappa shape index (κ3) is 3.83. The molecule has 1 aliphatic rings. The highest BCUT2D eigenvalue weighted by molar-refractivity contribution is 6.74. The van der Waals surface area contributed by atoms with Crippen LogP contribution in [0, 0.1) is 0 Å². The second-order valence-electron chi connectivity index (χ2n) is 8.02. The van der Waals surface area contributed by atoms with Gasteiger partial charge in [0.1, 0.15) is 5.75 Å². The van der Waals surface area contributed by atoms with Gasteiger partial charge in [-0.2, -0.15) is 0 Å². The first-order valence-corrected chi connectivity index (χ1v) is 11.5. The van der Waals surface area contributed by atoms with Crippen LogP contribution in [0.2, 0.25) is 18.1 Å². The zero-order chi connectivity index (χ0) is 20.0. The Balaban J connectivity index is 1.94. The number of fused-ring (bicyclic) bond motifs is 1. The fourth-order valence-electron chi connectivity index (χ4n) is 2.42. The largest absolute Gasteiger partial charge is 0.586 e. The van der Waals surface area contributed by atoms with Gasteiger partial charge in [-0.1, -0.05) is 32.9 Å². The molecule has 0 atom stereocenters. The number of para-hydroxylation sites is 1. The Kier molecular flexibility index (Phi) is 4.54. The van der Waals surface area contributed by atoms with Crippen molar-refractivity contribution in [2.24, 2.45) is 0 Å². The van der Waals surface area contributed by atoms with Gasteiger partial charge < -0.3 is 13.9 Å². The van der Waals surface area contributed by atoms with Crippen molar-refractivity contribution in [1.82, 2.24) is 0 Å². The number of rotatable bonds is 4. The molecule has 0 amide bonds. The van der Waals surface area contributed by atoms with Crippen molar-refractivity contribution in [3.63, 3.8) is 0 Å². The van der Waals surface area contributed by atoms with E-state index < -0.39 is 14.6 Å². The molecule has 0 saturated heterocycles. The van der Waals surface area contributed by atoms with Crippen molar-refractivity contribution in [3.8, 4) is 17.2 Å². The van der Waals surface area contributed by atoms with E-state index in [4.69, 9.17) is 4.43 Å². The predicted molar refractivity (Wildman–Crippen MR) is 100 cm³/mol. The topological polar surface area (TPSA) is 44.8 Å². The second kappa shape index (κ2) is 6.33. The Morgan fingerprint density at radius 1 is 1.04 bits per heavy atom. The maximum Gasteiger partial charge on any atom is 0.586 e. The minimum atomic E-state index is -3.71. The zero-order valence-corrected chi connectivity index (χ0v) is 16.9. The molecular weight excluding hydrogens is 370 g/mol. The molecule has 0 unspecified atom stereocenters. The quantitative estimate of drug-likeness (QED) is 0.500. The van der Waals surface area contributed by atoms with Gasteiger partial charge in [-0.25, -0.2) is 0 Å². The van der Waals surface area contributed by atoms with Crippen molar-refractivity contribution >= 4 is 14.1 Å². The van der Waals surface area contributed by atoms with Crippen LogP contribution in [0.25, 0.3) is 0 Å². The number of ether oxygens (including phenoxy) is 2. The molecule has 0 aromatic heterocycles. The number of hydrogen-bond donors (Lipinski definition) is 0. The smallest absolute Gasteiger partial charge is 0.543 e. The average molecular weight is 392 g/mol.